The van der Waals surface area contributed by atoms with E-state index in [0.717, 1.165) is 11.8 Å². The maximum atomic E-state index is 13.4. The number of carbonyl (C=O) groups is 1. The molecule has 2 aliphatic rings. The molecule has 4 atom stereocenters. The molecular formula is C26H29N3O3S. The fourth-order valence-electron chi connectivity index (χ4n) is 5.68. The van der Waals surface area contributed by atoms with Crippen molar-refractivity contribution in [3.8, 4) is 11.4 Å². The third-order valence-electron chi connectivity index (χ3n) is 7.23. The van der Waals surface area contributed by atoms with Crippen LogP contribution in [0.3, 0.4) is 0 Å². The van der Waals surface area contributed by atoms with E-state index in [1.165, 1.54) is 37.4 Å². The molecular weight excluding hydrogens is 434 g/mol. The van der Waals surface area contributed by atoms with Gasteiger partial charge in [0.1, 0.15) is 5.75 Å². The van der Waals surface area contributed by atoms with E-state index in [1.54, 1.807) is 17.7 Å². The minimum absolute atomic E-state index is 0.0238. The Bertz CT molecular complexity index is 1240. The van der Waals surface area contributed by atoms with Crippen molar-refractivity contribution in [2.24, 2.45) is 17.8 Å². The molecule has 3 aromatic rings. The van der Waals surface area contributed by atoms with E-state index in [4.69, 9.17) is 9.72 Å². The second-order valence-corrected chi connectivity index (χ2v) is 10.2. The first-order chi connectivity index (χ1) is 16.0. The molecule has 33 heavy (non-hydrogen) atoms. The van der Waals surface area contributed by atoms with Crippen LogP contribution in [0.2, 0.25) is 0 Å². The molecule has 2 aromatic carbocycles. The Morgan fingerprint density at radius 1 is 1.18 bits per heavy atom. The van der Waals surface area contributed by atoms with E-state index in [2.05, 4.69) is 12.2 Å². The normalized spacial score (nSPS) is 22.4. The molecule has 0 saturated heterocycles. The average Bonchev–Trinajstić information content (AvgIpc) is 3.47. The molecule has 4 unspecified atom stereocenters. The Kier molecular flexibility index (Phi) is 6.15. The number of ether oxygens (including phenoxy) is 1. The molecule has 1 heterocycles. The number of methoxy groups -OCH3 is 1. The number of fused-ring (bicyclic) bond motifs is 3. The van der Waals surface area contributed by atoms with Crippen LogP contribution in [0.25, 0.3) is 16.6 Å². The molecule has 6 nitrogen and oxygen atoms in total. The zero-order valence-electron chi connectivity index (χ0n) is 19.0. The monoisotopic (exact) mass is 463 g/mol. The van der Waals surface area contributed by atoms with Crippen LogP contribution in [0.5, 0.6) is 5.75 Å². The van der Waals surface area contributed by atoms with Crippen molar-refractivity contribution < 1.29 is 9.53 Å². The molecule has 2 aliphatic carbocycles. The smallest absolute Gasteiger partial charge is 0.266 e. The lowest BCUT2D eigenvalue weighted by Crippen LogP contribution is -2.41. The third-order valence-corrected chi connectivity index (χ3v) is 8.17. The Labute approximate surface area is 197 Å². The first kappa shape index (κ1) is 22.0. The van der Waals surface area contributed by atoms with Crippen LogP contribution in [-0.4, -0.2) is 34.4 Å². The van der Waals surface area contributed by atoms with Crippen molar-refractivity contribution in [3.05, 3.63) is 58.9 Å². The molecule has 1 amide bonds. The van der Waals surface area contributed by atoms with Gasteiger partial charge in [0.25, 0.3) is 5.56 Å². The van der Waals surface area contributed by atoms with Gasteiger partial charge in [0.05, 0.1) is 29.5 Å². The number of nitrogens with one attached hydrogen (secondary N) is 1. The van der Waals surface area contributed by atoms with Gasteiger partial charge in [0, 0.05) is 6.04 Å². The van der Waals surface area contributed by atoms with Crippen molar-refractivity contribution in [3.63, 3.8) is 0 Å². The summed E-state index contributed by atoms with van der Waals surface area (Å²) in [6.45, 7) is 2.13. The van der Waals surface area contributed by atoms with Gasteiger partial charge in [-0.25, -0.2) is 4.98 Å². The van der Waals surface area contributed by atoms with Gasteiger partial charge < -0.3 is 10.1 Å². The van der Waals surface area contributed by atoms with Crippen LogP contribution < -0.4 is 15.6 Å². The molecule has 2 fully saturated rings. The van der Waals surface area contributed by atoms with Gasteiger partial charge in [-0.1, -0.05) is 42.4 Å². The summed E-state index contributed by atoms with van der Waals surface area (Å²) < 4.78 is 7.06. The molecule has 2 bridgehead atoms. The van der Waals surface area contributed by atoms with Gasteiger partial charge in [-0.05, 0) is 68.2 Å². The van der Waals surface area contributed by atoms with Crippen molar-refractivity contribution >= 4 is 28.6 Å². The Morgan fingerprint density at radius 3 is 2.73 bits per heavy atom. The molecule has 172 valence electrons. The zero-order chi connectivity index (χ0) is 22.9. The van der Waals surface area contributed by atoms with Gasteiger partial charge in [0.2, 0.25) is 5.91 Å². The predicted octanol–water partition coefficient (Wildman–Crippen LogP) is 4.43. The molecule has 5 rings (SSSR count). The summed E-state index contributed by atoms with van der Waals surface area (Å²) in [7, 11) is 1.58. The Balaban J connectivity index is 1.40. The number of hydrogen-bond donors (Lipinski definition) is 1. The number of para-hydroxylation sites is 3. The van der Waals surface area contributed by atoms with Crippen LogP contribution in [0.15, 0.2) is 58.5 Å². The molecule has 1 N–H and O–H groups in total. The highest BCUT2D eigenvalue weighted by Crippen LogP contribution is 2.49. The van der Waals surface area contributed by atoms with Gasteiger partial charge in [-0.2, -0.15) is 0 Å². The van der Waals surface area contributed by atoms with Crippen LogP contribution in [0.4, 0.5) is 0 Å². The highest BCUT2D eigenvalue weighted by molar-refractivity contribution is 7.99. The Hall–Kier alpha value is -2.80. The highest BCUT2D eigenvalue weighted by atomic mass is 32.2. The number of aromatic nitrogens is 2. The third kappa shape index (κ3) is 4.26. The van der Waals surface area contributed by atoms with E-state index < -0.39 is 0 Å². The average molecular weight is 464 g/mol. The summed E-state index contributed by atoms with van der Waals surface area (Å²) in [5, 5.41) is 4.22. The van der Waals surface area contributed by atoms with Crippen molar-refractivity contribution in [1.29, 1.82) is 0 Å². The first-order valence-electron chi connectivity index (χ1n) is 11.6. The highest BCUT2D eigenvalue weighted by Gasteiger charge is 2.42. The second-order valence-electron chi connectivity index (χ2n) is 9.21. The maximum absolute atomic E-state index is 13.4. The molecule has 7 heteroatoms. The molecule has 2 saturated carbocycles. The van der Waals surface area contributed by atoms with E-state index in [9.17, 15) is 9.59 Å². The minimum Gasteiger partial charge on any atom is -0.495 e. The first-order valence-corrected chi connectivity index (χ1v) is 12.6. The number of carbonyl (C=O) groups excluding carboxylic acids is 1. The summed E-state index contributed by atoms with van der Waals surface area (Å²) in [6.07, 6.45) is 5.22. The van der Waals surface area contributed by atoms with Gasteiger partial charge in [-0.3, -0.25) is 14.2 Å². The van der Waals surface area contributed by atoms with Crippen molar-refractivity contribution in [1.82, 2.24) is 14.9 Å². The predicted molar refractivity (Wildman–Crippen MR) is 131 cm³/mol. The SMILES string of the molecule is COc1ccccc1-n1c(SCC(=O)NC(C)C2CC3CCC2C3)nc2ccccc2c1=O. The summed E-state index contributed by atoms with van der Waals surface area (Å²) in [6, 6.07) is 14.8. The number of nitrogens with zero attached hydrogens (tertiary/aromatic N) is 2. The van der Waals surface area contributed by atoms with Gasteiger partial charge in [-0.15, -0.1) is 0 Å². The number of thioether (sulfide) groups is 1. The topological polar surface area (TPSA) is 73.2 Å². The number of amides is 1. The number of benzene rings is 2. The lowest BCUT2D eigenvalue weighted by Gasteiger charge is -2.28. The fourth-order valence-corrected chi connectivity index (χ4v) is 6.49. The van der Waals surface area contributed by atoms with E-state index in [1.807, 2.05) is 42.5 Å². The van der Waals surface area contributed by atoms with Crippen LogP contribution in [0.1, 0.15) is 32.6 Å². The fraction of sp³-hybridized carbons (Fsp3) is 0.423. The molecule has 0 spiro atoms. The van der Waals surface area contributed by atoms with E-state index in [-0.39, 0.29) is 23.3 Å². The summed E-state index contributed by atoms with van der Waals surface area (Å²) >= 11 is 1.28. The van der Waals surface area contributed by atoms with Gasteiger partial charge >= 0.3 is 0 Å². The largest absolute Gasteiger partial charge is 0.495 e. The number of rotatable bonds is 7. The van der Waals surface area contributed by atoms with E-state index >= 15 is 0 Å². The van der Waals surface area contributed by atoms with Crippen molar-refractivity contribution in [2.45, 2.75) is 43.8 Å². The molecule has 0 aliphatic heterocycles. The molecule has 0 radical (unpaired) electrons. The number of hydrogen-bond acceptors (Lipinski definition) is 5. The molecule has 1 aromatic heterocycles. The van der Waals surface area contributed by atoms with Crippen LogP contribution in [0, 0.1) is 17.8 Å². The minimum atomic E-state index is -0.177. The van der Waals surface area contributed by atoms with Crippen LogP contribution in [-0.2, 0) is 4.79 Å². The summed E-state index contributed by atoms with van der Waals surface area (Å²) in [5.74, 6) is 2.95. The lowest BCUT2D eigenvalue weighted by molar-refractivity contribution is -0.119. The van der Waals surface area contributed by atoms with E-state index in [0.29, 0.717) is 33.4 Å². The van der Waals surface area contributed by atoms with Crippen LogP contribution >= 0.6 is 11.8 Å². The standard InChI is InChI=1S/C26H29N3O3S/c1-16(20-14-17-11-12-18(20)13-17)27-24(30)15-33-26-28-21-8-4-3-7-19(21)25(31)29(26)22-9-5-6-10-23(22)32-2/h3-10,16-18,20H,11-15H2,1-2H3,(H,27,30). The quantitative estimate of drug-likeness (QED) is 0.415. The Morgan fingerprint density at radius 2 is 1.97 bits per heavy atom. The summed E-state index contributed by atoms with van der Waals surface area (Å²) in [5.41, 5.74) is 1.05. The summed E-state index contributed by atoms with van der Waals surface area (Å²) in [4.78, 5) is 31.0. The lowest BCUT2D eigenvalue weighted by atomic mass is 9.84. The zero-order valence-corrected chi connectivity index (χ0v) is 19.8. The second kappa shape index (κ2) is 9.21. The van der Waals surface area contributed by atoms with Gasteiger partial charge in [0.15, 0.2) is 5.16 Å². The van der Waals surface area contributed by atoms with Crippen molar-refractivity contribution in [2.75, 3.05) is 12.9 Å². The maximum Gasteiger partial charge on any atom is 0.266 e.